The molecule has 3 atom stereocenters. The zero-order valence-electron chi connectivity index (χ0n) is 15.2. The SMILES string of the molecule is C[C@H](NC(=O)OCc1ccccc1)C(=O)N[C@@H](C)C(=O)N[C@@H](C)P(=O)(O)O. The zero-order valence-corrected chi connectivity index (χ0v) is 16.1. The van der Waals surface area contributed by atoms with Gasteiger partial charge >= 0.3 is 13.7 Å². The minimum absolute atomic E-state index is 0.0418. The first-order valence-electron chi connectivity index (χ1n) is 8.14. The molecule has 0 unspecified atom stereocenters. The number of benzene rings is 1. The molecule has 0 bridgehead atoms. The highest BCUT2D eigenvalue weighted by Gasteiger charge is 2.28. The summed E-state index contributed by atoms with van der Waals surface area (Å²) in [5, 5.41) is 6.79. The van der Waals surface area contributed by atoms with Gasteiger partial charge in [-0.25, -0.2) is 4.79 Å². The molecule has 1 rings (SSSR count). The van der Waals surface area contributed by atoms with Crippen molar-refractivity contribution in [1.29, 1.82) is 0 Å². The van der Waals surface area contributed by atoms with Gasteiger partial charge in [0.15, 0.2) is 0 Å². The number of nitrogens with one attached hydrogen (secondary N) is 3. The zero-order chi connectivity index (χ0) is 20.6. The van der Waals surface area contributed by atoms with Crippen LogP contribution in [0.2, 0.25) is 0 Å². The van der Waals surface area contributed by atoms with Crippen LogP contribution in [0, 0.1) is 0 Å². The molecule has 0 heterocycles. The van der Waals surface area contributed by atoms with Crippen molar-refractivity contribution < 1.29 is 33.5 Å². The third-order valence-corrected chi connectivity index (χ3v) is 4.69. The van der Waals surface area contributed by atoms with Crippen LogP contribution >= 0.6 is 7.60 Å². The van der Waals surface area contributed by atoms with Gasteiger partial charge < -0.3 is 30.5 Å². The minimum atomic E-state index is -4.47. The average Bonchev–Trinajstić information content (AvgIpc) is 2.59. The van der Waals surface area contributed by atoms with Gasteiger partial charge in [0.05, 0.1) is 0 Å². The molecule has 0 aliphatic rings. The minimum Gasteiger partial charge on any atom is -0.445 e. The first-order chi connectivity index (χ1) is 12.5. The normalized spacial score (nSPS) is 14.4. The third kappa shape index (κ3) is 8.21. The van der Waals surface area contributed by atoms with Crippen LogP contribution in [-0.4, -0.2) is 45.6 Å². The Morgan fingerprint density at radius 1 is 0.963 bits per heavy atom. The Balaban J connectivity index is 2.43. The monoisotopic (exact) mass is 401 g/mol. The maximum absolute atomic E-state index is 12.0. The summed E-state index contributed by atoms with van der Waals surface area (Å²) in [6, 6.07) is 6.94. The summed E-state index contributed by atoms with van der Waals surface area (Å²) in [6.45, 7) is 3.95. The molecule has 10 nitrogen and oxygen atoms in total. The van der Waals surface area contributed by atoms with Crippen LogP contribution in [0.5, 0.6) is 0 Å². The number of carbonyl (C=O) groups is 3. The molecule has 0 aliphatic carbocycles. The number of alkyl carbamates (subject to hydrolysis) is 1. The second kappa shape index (κ2) is 10.1. The van der Waals surface area contributed by atoms with Crippen LogP contribution in [0.15, 0.2) is 30.3 Å². The summed E-state index contributed by atoms with van der Waals surface area (Å²) in [7, 11) is -4.47. The summed E-state index contributed by atoms with van der Waals surface area (Å²) in [4.78, 5) is 53.6. The summed E-state index contributed by atoms with van der Waals surface area (Å²) < 4.78 is 16.0. The molecule has 1 aromatic carbocycles. The predicted octanol–water partition coefficient (Wildman–Crippen LogP) is 0.446. The van der Waals surface area contributed by atoms with E-state index in [1.165, 1.54) is 13.8 Å². The number of hydrogen-bond acceptors (Lipinski definition) is 5. The molecule has 0 aromatic heterocycles. The Labute approximate surface area is 156 Å². The number of amides is 3. The number of carbonyl (C=O) groups excluding carboxylic acids is 3. The van der Waals surface area contributed by atoms with Gasteiger partial charge in [0.2, 0.25) is 11.8 Å². The molecular weight excluding hydrogens is 377 g/mol. The number of rotatable bonds is 8. The van der Waals surface area contributed by atoms with Gasteiger partial charge in [-0.15, -0.1) is 0 Å². The summed E-state index contributed by atoms with van der Waals surface area (Å²) in [5.74, 6) is -2.80. The highest BCUT2D eigenvalue weighted by atomic mass is 31.2. The van der Waals surface area contributed by atoms with Crippen molar-refractivity contribution in [2.75, 3.05) is 0 Å². The molecule has 0 radical (unpaired) electrons. The average molecular weight is 401 g/mol. The lowest BCUT2D eigenvalue weighted by atomic mass is 10.2. The van der Waals surface area contributed by atoms with Crippen molar-refractivity contribution in [2.24, 2.45) is 0 Å². The topological polar surface area (TPSA) is 154 Å². The Bertz CT molecular complexity index is 707. The van der Waals surface area contributed by atoms with Crippen LogP contribution < -0.4 is 16.0 Å². The van der Waals surface area contributed by atoms with Gasteiger partial charge in [-0.3, -0.25) is 14.2 Å². The van der Waals surface area contributed by atoms with Crippen molar-refractivity contribution in [2.45, 2.75) is 45.2 Å². The van der Waals surface area contributed by atoms with Gasteiger partial charge in [-0.1, -0.05) is 30.3 Å². The molecule has 11 heteroatoms. The van der Waals surface area contributed by atoms with E-state index in [0.717, 1.165) is 12.5 Å². The number of hydrogen-bond donors (Lipinski definition) is 5. The van der Waals surface area contributed by atoms with Gasteiger partial charge in [0, 0.05) is 0 Å². The van der Waals surface area contributed by atoms with E-state index in [-0.39, 0.29) is 6.61 Å². The Morgan fingerprint density at radius 2 is 1.48 bits per heavy atom. The second-order valence-corrected chi connectivity index (χ2v) is 7.88. The lowest BCUT2D eigenvalue weighted by molar-refractivity contribution is -0.129. The van der Waals surface area contributed by atoms with Crippen LogP contribution in [0.1, 0.15) is 26.3 Å². The van der Waals surface area contributed by atoms with Crippen LogP contribution in [0.25, 0.3) is 0 Å². The van der Waals surface area contributed by atoms with E-state index in [4.69, 9.17) is 14.5 Å². The van der Waals surface area contributed by atoms with Gasteiger partial charge in [0.1, 0.15) is 24.5 Å². The van der Waals surface area contributed by atoms with E-state index in [0.29, 0.717) is 0 Å². The lowest BCUT2D eigenvalue weighted by Gasteiger charge is -2.21. The summed E-state index contributed by atoms with van der Waals surface area (Å²) >= 11 is 0. The molecule has 0 fully saturated rings. The predicted molar refractivity (Wildman–Crippen MR) is 96.5 cm³/mol. The molecule has 0 saturated heterocycles. The number of ether oxygens (including phenoxy) is 1. The second-order valence-electron chi connectivity index (χ2n) is 5.93. The maximum Gasteiger partial charge on any atom is 0.408 e. The molecule has 0 saturated carbocycles. The highest BCUT2D eigenvalue weighted by molar-refractivity contribution is 7.52. The van der Waals surface area contributed by atoms with E-state index in [2.05, 4.69) is 16.0 Å². The van der Waals surface area contributed by atoms with Crippen LogP contribution in [0.3, 0.4) is 0 Å². The molecule has 3 amide bonds. The maximum atomic E-state index is 12.0. The van der Waals surface area contributed by atoms with E-state index < -0.39 is 43.4 Å². The smallest absolute Gasteiger partial charge is 0.408 e. The Hall–Kier alpha value is -2.42. The van der Waals surface area contributed by atoms with Gasteiger partial charge in [-0.05, 0) is 26.3 Å². The fourth-order valence-electron chi connectivity index (χ4n) is 1.83. The standard InChI is InChI=1S/C16H24N3O7P/c1-10(15(21)19-12(3)27(23,24)25)17-14(20)11(2)18-16(22)26-9-13-7-5-4-6-8-13/h4-8,10-12H,9H2,1-3H3,(H,17,20)(H,18,22)(H,19,21)(H2,23,24,25)/t10-,11-,12+/m0/s1. The van der Waals surface area contributed by atoms with Crippen molar-refractivity contribution >= 4 is 25.5 Å². The molecule has 27 heavy (non-hydrogen) atoms. The Kier molecular flexibility index (Phi) is 8.42. The molecule has 0 aliphatic heterocycles. The largest absolute Gasteiger partial charge is 0.445 e. The van der Waals surface area contributed by atoms with Crippen molar-refractivity contribution in [3.8, 4) is 0 Å². The Morgan fingerprint density at radius 3 is 2.04 bits per heavy atom. The third-order valence-electron chi connectivity index (χ3n) is 3.55. The fraction of sp³-hybridized carbons (Fsp3) is 0.438. The fourth-order valence-corrected chi connectivity index (χ4v) is 2.12. The molecule has 1 aromatic rings. The van der Waals surface area contributed by atoms with Gasteiger partial charge in [0.25, 0.3) is 0 Å². The van der Waals surface area contributed by atoms with E-state index >= 15 is 0 Å². The highest BCUT2D eigenvalue weighted by Crippen LogP contribution is 2.39. The summed E-state index contributed by atoms with van der Waals surface area (Å²) in [6.07, 6.45) is -0.797. The first kappa shape index (κ1) is 22.6. The van der Waals surface area contributed by atoms with E-state index in [1.54, 1.807) is 24.3 Å². The van der Waals surface area contributed by atoms with Crippen molar-refractivity contribution in [1.82, 2.24) is 16.0 Å². The van der Waals surface area contributed by atoms with E-state index in [1.807, 2.05) is 6.07 Å². The van der Waals surface area contributed by atoms with Crippen LogP contribution in [0.4, 0.5) is 4.79 Å². The van der Waals surface area contributed by atoms with Gasteiger partial charge in [-0.2, -0.15) is 0 Å². The summed E-state index contributed by atoms with van der Waals surface area (Å²) in [5.41, 5.74) is 0.786. The lowest BCUT2D eigenvalue weighted by Crippen LogP contribution is -2.52. The van der Waals surface area contributed by atoms with Crippen molar-refractivity contribution in [3.63, 3.8) is 0 Å². The van der Waals surface area contributed by atoms with Crippen molar-refractivity contribution in [3.05, 3.63) is 35.9 Å². The molecule has 0 spiro atoms. The van der Waals surface area contributed by atoms with E-state index in [9.17, 15) is 18.9 Å². The van der Waals surface area contributed by atoms with Crippen LogP contribution in [-0.2, 0) is 25.5 Å². The first-order valence-corrected chi connectivity index (χ1v) is 9.82. The molecular formula is C16H24N3O7P. The molecule has 5 N–H and O–H groups in total. The quantitative estimate of drug-likeness (QED) is 0.396. The molecule has 150 valence electrons.